The van der Waals surface area contributed by atoms with Crippen molar-refractivity contribution in [1.82, 2.24) is 5.32 Å². The van der Waals surface area contributed by atoms with Crippen molar-refractivity contribution in [3.63, 3.8) is 0 Å². The summed E-state index contributed by atoms with van der Waals surface area (Å²) in [6.45, 7) is 2.08. The van der Waals surface area contributed by atoms with E-state index in [0.717, 1.165) is 11.3 Å². The molecule has 4 rings (SSSR count). The Labute approximate surface area is 229 Å². The minimum atomic E-state index is -0.902. The van der Waals surface area contributed by atoms with E-state index in [0.29, 0.717) is 35.1 Å². The second-order valence-corrected chi connectivity index (χ2v) is 8.56. The molecule has 5 amide bonds. The monoisotopic (exact) mass is 547 g/mol. The maximum Gasteiger partial charge on any atom is 0.335 e. The zero-order valence-electron chi connectivity index (χ0n) is 21.7. The van der Waals surface area contributed by atoms with Crippen LogP contribution in [-0.2, 0) is 14.4 Å². The van der Waals surface area contributed by atoms with Crippen molar-refractivity contribution < 1.29 is 37.8 Å². The zero-order chi connectivity index (χ0) is 28.6. The maximum absolute atomic E-state index is 13.3. The quantitative estimate of drug-likeness (QED) is 0.286. The molecule has 0 atom stereocenters. The number of ether oxygens (including phenoxy) is 3. The van der Waals surface area contributed by atoms with Gasteiger partial charge in [-0.2, -0.15) is 0 Å². The van der Waals surface area contributed by atoms with E-state index in [1.807, 2.05) is 6.92 Å². The van der Waals surface area contributed by atoms with Crippen LogP contribution in [0.15, 0.2) is 72.3 Å². The summed E-state index contributed by atoms with van der Waals surface area (Å²) in [5, 5.41) is 4.76. The summed E-state index contributed by atoms with van der Waals surface area (Å²) in [5.74, 6) is -1.50. The molecule has 2 N–H and O–H groups in total. The standard InChI is InChI=1S/C29H26FN3O7/c1-3-13-39-24-12-11-21(16-25(24)38-2)33-28(36)23(27(35)32-29(33)37)15-18-5-4-6-22(14-18)40-17-26(34)31-20-9-7-19(30)8-10-20/h4-12,14-16H,3,13,17H2,1-2H3,(H,31,34)(H,32,35,37)/b23-15-. The van der Waals surface area contributed by atoms with Gasteiger partial charge in [-0.05, 0) is 66.6 Å². The SMILES string of the molecule is CCCOc1ccc(N2C(=O)NC(=O)/C(=C/c3cccc(OCC(=O)Nc4ccc(F)cc4)c3)C2=O)cc1OC. The number of nitrogens with zero attached hydrogens (tertiary/aromatic N) is 1. The van der Waals surface area contributed by atoms with Crippen molar-refractivity contribution in [3.8, 4) is 17.2 Å². The van der Waals surface area contributed by atoms with Gasteiger partial charge in [-0.25, -0.2) is 14.1 Å². The van der Waals surface area contributed by atoms with Gasteiger partial charge in [0.25, 0.3) is 17.7 Å². The fraction of sp³-hybridized carbons (Fsp3) is 0.172. The largest absolute Gasteiger partial charge is 0.493 e. The average Bonchev–Trinajstić information content (AvgIpc) is 2.94. The Morgan fingerprint density at radius 3 is 2.50 bits per heavy atom. The van der Waals surface area contributed by atoms with E-state index >= 15 is 0 Å². The predicted molar refractivity (Wildman–Crippen MR) is 145 cm³/mol. The topological polar surface area (TPSA) is 123 Å². The summed E-state index contributed by atoms with van der Waals surface area (Å²) in [6, 6.07) is 15.3. The molecule has 3 aromatic rings. The van der Waals surface area contributed by atoms with E-state index in [4.69, 9.17) is 14.2 Å². The van der Waals surface area contributed by atoms with Crippen molar-refractivity contribution in [2.75, 3.05) is 30.5 Å². The number of hydrogen-bond donors (Lipinski definition) is 2. The second kappa shape index (κ2) is 12.6. The Bertz CT molecular complexity index is 1470. The molecule has 1 saturated heterocycles. The second-order valence-electron chi connectivity index (χ2n) is 8.56. The molecule has 0 aliphatic carbocycles. The number of carbonyl (C=O) groups is 4. The molecule has 0 bridgehead atoms. The lowest BCUT2D eigenvalue weighted by Crippen LogP contribution is -2.54. The lowest BCUT2D eigenvalue weighted by molar-refractivity contribution is -0.122. The number of halogens is 1. The summed E-state index contributed by atoms with van der Waals surface area (Å²) < 4.78 is 29.5. The van der Waals surface area contributed by atoms with Gasteiger partial charge in [-0.1, -0.05) is 19.1 Å². The Hall–Kier alpha value is -5.19. The average molecular weight is 548 g/mol. The van der Waals surface area contributed by atoms with Crippen LogP contribution in [0.4, 0.5) is 20.6 Å². The first-order valence-corrected chi connectivity index (χ1v) is 12.3. The molecule has 11 heteroatoms. The molecule has 0 unspecified atom stereocenters. The lowest BCUT2D eigenvalue weighted by atomic mass is 10.1. The maximum atomic E-state index is 13.3. The van der Waals surface area contributed by atoms with Gasteiger partial charge >= 0.3 is 6.03 Å². The van der Waals surface area contributed by atoms with Crippen LogP contribution in [0, 0.1) is 5.82 Å². The third-order valence-electron chi connectivity index (χ3n) is 5.64. The molecule has 0 spiro atoms. The van der Waals surface area contributed by atoms with Gasteiger partial charge < -0.3 is 19.5 Å². The number of amides is 5. The molecule has 0 saturated carbocycles. The highest BCUT2D eigenvalue weighted by Crippen LogP contribution is 2.33. The van der Waals surface area contributed by atoms with Gasteiger partial charge in [0.1, 0.15) is 17.1 Å². The number of hydrogen-bond acceptors (Lipinski definition) is 7. The van der Waals surface area contributed by atoms with Gasteiger partial charge in [0.2, 0.25) is 0 Å². The molecule has 0 radical (unpaired) electrons. The van der Waals surface area contributed by atoms with E-state index in [1.54, 1.807) is 24.3 Å². The molecule has 0 aromatic heterocycles. The first kappa shape index (κ1) is 27.8. The summed E-state index contributed by atoms with van der Waals surface area (Å²) in [6.07, 6.45) is 2.10. The molecule has 1 fully saturated rings. The molecular weight excluding hydrogens is 521 g/mol. The van der Waals surface area contributed by atoms with Crippen molar-refractivity contribution in [2.24, 2.45) is 0 Å². The summed E-state index contributed by atoms with van der Waals surface area (Å²) in [7, 11) is 1.44. The van der Waals surface area contributed by atoms with Crippen molar-refractivity contribution in [1.29, 1.82) is 0 Å². The first-order valence-electron chi connectivity index (χ1n) is 12.3. The predicted octanol–water partition coefficient (Wildman–Crippen LogP) is 4.31. The van der Waals surface area contributed by atoms with Crippen molar-refractivity contribution in [2.45, 2.75) is 13.3 Å². The summed E-state index contributed by atoms with van der Waals surface area (Å²) >= 11 is 0. The van der Waals surface area contributed by atoms with E-state index in [1.165, 1.54) is 55.7 Å². The normalized spacial score (nSPS) is 14.1. The number of benzene rings is 3. The molecular formula is C29H26FN3O7. The number of nitrogens with one attached hydrogen (secondary N) is 2. The molecule has 206 valence electrons. The highest BCUT2D eigenvalue weighted by molar-refractivity contribution is 6.39. The van der Waals surface area contributed by atoms with Crippen molar-refractivity contribution in [3.05, 3.63) is 83.7 Å². The molecule has 3 aromatic carbocycles. The van der Waals surface area contributed by atoms with Crippen LogP contribution < -0.4 is 29.7 Å². The molecule has 40 heavy (non-hydrogen) atoms. The van der Waals surface area contributed by atoms with Crippen LogP contribution in [-0.4, -0.2) is 44.1 Å². The van der Waals surface area contributed by atoms with Gasteiger partial charge in [-0.15, -0.1) is 0 Å². The summed E-state index contributed by atoms with van der Waals surface area (Å²) in [5.41, 5.74) is 0.738. The van der Waals surface area contributed by atoms with Crippen LogP contribution in [0.25, 0.3) is 6.08 Å². The van der Waals surface area contributed by atoms with E-state index in [9.17, 15) is 23.6 Å². The number of imide groups is 2. The highest BCUT2D eigenvalue weighted by atomic mass is 19.1. The minimum absolute atomic E-state index is 0.186. The number of anilines is 2. The van der Waals surface area contributed by atoms with Crippen LogP contribution >= 0.6 is 0 Å². The lowest BCUT2D eigenvalue weighted by Gasteiger charge is -2.27. The minimum Gasteiger partial charge on any atom is -0.493 e. The Morgan fingerprint density at radius 2 is 1.77 bits per heavy atom. The van der Waals surface area contributed by atoms with E-state index < -0.39 is 29.6 Å². The Balaban J connectivity index is 1.50. The fourth-order valence-electron chi connectivity index (χ4n) is 3.76. The van der Waals surface area contributed by atoms with Gasteiger partial charge in [-0.3, -0.25) is 19.7 Å². The third-order valence-corrected chi connectivity index (χ3v) is 5.64. The smallest absolute Gasteiger partial charge is 0.335 e. The number of urea groups is 1. The number of rotatable bonds is 10. The van der Waals surface area contributed by atoms with E-state index in [-0.39, 0.29) is 17.9 Å². The molecule has 1 heterocycles. The van der Waals surface area contributed by atoms with Gasteiger partial charge in [0.15, 0.2) is 18.1 Å². The van der Waals surface area contributed by atoms with Crippen molar-refractivity contribution >= 4 is 41.2 Å². The van der Waals surface area contributed by atoms with E-state index in [2.05, 4.69) is 10.6 Å². The number of barbiturate groups is 1. The van der Waals surface area contributed by atoms with Gasteiger partial charge in [0, 0.05) is 11.8 Å². The van der Waals surface area contributed by atoms with Gasteiger partial charge in [0.05, 0.1) is 19.4 Å². The Morgan fingerprint density at radius 1 is 1.00 bits per heavy atom. The van der Waals surface area contributed by atoms with Crippen LogP contribution in [0.3, 0.4) is 0 Å². The highest BCUT2D eigenvalue weighted by Gasteiger charge is 2.37. The number of carbonyl (C=O) groups excluding carboxylic acids is 4. The Kier molecular flexibility index (Phi) is 8.75. The van der Waals surface area contributed by atoms with Crippen LogP contribution in [0.1, 0.15) is 18.9 Å². The van der Waals surface area contributed by atoms with Crippen LogP contribution in [0.5, 0.6) is 17.2 Å². The summed E-state index contributed by atoms with van der Waals surface area (Å²) in [4.78, 5) is 51.5. The zero-order valence-corrected chi connectivity index (χ0v) is 21.7. The van der Waals surface area contributed by atoms with Crippen LogP contribution in [0.2, 0.25) is 0 Å². The first-order chi connectivity index (χ1) is 19.3. The molecule has 1 aliphatic rings. The molecule has 10 nitrogen and oxygen atoms in total. The third kappa shape index (κ3) is 6.62. The number of methoxy groups -OCH3 is 1. The fourth-order valence-corrected chi connectivity index (χ4v) is 3.76. The molecule has 1 aliphatic heterocycles.